The molecule has 2 saturated carbocycles. The number of hydrogen-bond donors (Lipinski definition) is 0. The minimum Gasteiger partial charge on any atom is -0.289 e. The average Bonchev–Trinajstić information content (AvgIpc) is 2.89. The second kappa shape index (κ2) is 2.24. The fraction of sp³-hybridized carbons (Fsp3) is 0.357. The molecule has 0 amide bonds. The van der Waals surface area contributed by atoms with Crippen LogP contribution in [-0.2, 0) is 5.41 Å². The highest BCUT2D eigenvalue weighted by molar-refractivity contribution is 6.08. The normalized spacial score (nSPS) is 35.3. The van der Waals surface area contributed by atoms with Gasteiger partial charge in [0.2, 0.25) is 0 Å². The number of fused-ring (bicyclic) bond motifs is 1. The Morgan fingerprint density at radius 2 is 2.13 bits per heavy atom. The van der Waals surface area contributed by atoms with Gasteiger partial charge in [0.05, 0.1) is 0 Å². The van der Waals surface area contributed by atoms with Crippen LogP contribution < -0.4 is 0 Å². The van der Waals surface area contributed by atoms with E-state index in [1.807, 2.05) is 18.2 Å². The SMILES string of the molecule is O=C1C=C2CC[C@@H]3C[C@]23c2ccccc21. The van der Waals surface area contributed by atoms with E-state index in [2.05, 4.69) is 12.1 Å². The topological polar surface area (TPSA) is 17.1 Å². The van der Waals surface area contributed by atoms with Crippen molar-refractivity contribution in [2.75, 3.05) is 0 Å². The van der Waals surface area contributed by atoms with Crippen molar-refractivity contribution in [2.24, 2.45) is 5.92 Å². The number of carbonyl (C=O) groups is 1. The molecule has 4 rings (SSSR count). The summed E-state index contributed by atoms with van der Waals surface area (Å²) in [6.07, 6.45) is 5.62. The van der Waals surface area contributed by atoms with Crippen molar-refractivity contribution in [3.8, 4) is 0 Å². The summed E-state index contributed by atoms with van der Waals surface area (Å²) in [7, 11) is 0. The maximum absolute atomic E-state index is 11.9. The Balaban J connectivity index is 2.05. The average molecular weight is 196 g/mol. The number of rotatable bonds is 0. The molecule has 1 heteroatoms. The van der Waals surface area contributed by atoms with Crippen LogP contribution in [0.4, 0.5) is 0 Å². The number of benzene rings is 1. The highest BCUT2D eigenvalue weighted by atomic mass is 16.1. The molecular weight excluding hydrogens is 184 g/mol. The molecule has 0 radical (unpaired) electrons. The van der Waals surface area contributed by atoms with E-state index in [1.165, 1.54) is 24.0 Å². The Morgan fingerprint density at radius 3 is 3.00 bits per heavy atom. The lowest BCUT2D eigenvalue weighted by molar-refractivity contribution is 0.104. The van der Waals surface area contributed by atoms with E-state index in [4.69, 9.17) is 0 Å². The van der Waals surface area contributed by atoms with E-state index in [0.717, 1.165) is 17.9 Å². The first-order valence-corrected chi connectivity index (χ1v) is 5.67. The van der Waals surface area contributed by atoms with Crippen LogP contribution in [0, 0.1) is 5.92 Å². The molecule has 0 unspecified atom stereocenters. The van der Waals surface area contributed by atoms with Crippen LogP contribution in [0.25, 0.3) is 0 Å². The standard InChI is InChI=1S/C14H12O/c15-13-7-9-5-6-10-8-14(9,10)12-4-2-1-3-11(12)13/h1-4,7,10H,5-6,8H2/t10-,14+/m1/s1. The highest BCUT2D eigenvalue weighted by Gasteiger charge is 2.62. The van der Waals surface area contributed by atoms with E-state index in [1.54, 1.807) is 0 Å². The number of carbonyl (C=O) groups excluding carboxylic acids is 1. The van der Waals surface area contributed by atoms with Gasteiger partial charge in [-0.2, -0.15) is 0 Å². The molecule has 74 valence electrons. The van der Waals surface area contributed by atoms with Crippen molar-refractivity contribution in [1.82, 2.24) is 0 Å². The minimum atomic E-state index is 0.221. The third kappa shape index (κ3) is 0.750. The van der Waals surface area contributed by atoms with E-state index >= 15 is 0 Å². The van der Waals surface area contributed by atoms with Crippen LogP contribution in [0.1, 0.15) is 35.2 Å². The van der Waals surface area contributed by atoms with E-state index in [-0.39, 0.29) is 5.78 Å². The van der Waals surface area contributed by atoms with Gasteiger partial charge >= 0.3 is 0 Å². The number of ketones is 1. The second-order valence-electron chi connectivity index (χ2n) is 4.99. The van der Waals surface area contributed by atoms with Gasteiger partial charge in [-0.05, 0) is 36.8 Å². The fourth-order valence-electron chi connectivity index (χ4n) is 3.65. The van der Waals surface area contributed by atoms with E-state index in [9.17, 15) is 4.79 Å². The molecule has 2 fully saturated rings. The summed E-state index contributed by atoms with van der Waals surface area (Å²) >= 11 is 0. The first-order chi connectivity index (χ1) is 7.32. The summed E-state index contributed by atoms with van der Waals surface area (Å²) in [5.74, 6) is 1.05. The van der Waals surface area contributed by atoms with Crippen LogP contribution in [0.2, 0.25) is 0 Å². The lowest BCUT2D eigenvalue weighted by Crippen LogP contribution is -2.19. The molecule has 1 aromatic rings. The minimum absolute atomic E-state index is 0.221. The Kier molecular flexibility index (Phi) is 1.17. The Bertz CT molecular complexity index is 512. The molecule has 2 atom stereocenters. The molecule has 0 saturated heterocycles. The zero-order valence-corrected chi connectivity index (χ0v) is 8.49. The fourth-order valence-corrected chi connectivity index (χ4v) is 3.65. The predicted octanol–water partition coefficient (Wildman–Crippen LogP) is 2.86. The quantitative estimate of drug-likeness (QED) is 0.623. The Hall–Kier alpha value is -1.37. The molecule has 0 bridgehead atoms. The predicted molar refractivity (Wildman–Crippen MR) is 57.9 cm³/mol. The van der Waals surface area contributed by atoms with Crippen molar-refractivity contribution in [1.29, 1.82) is 0 Å². The van der Waals surface area contributed by atoms with Crippen molar-refractivity contribution < 1.29 is 4.79 Å². The monoisotopic (exact) mass is 196 g/mol. The number of hydrogen-bond acceptors (Lipinski definition) is 1. The Morgan fingerprint density at radius 1 is 1.27 bits per heavy atom. The van der Waals surface area contributed by atoms with Crippen LogP contribution in [0.5, 0.6) is 0 Å². The van der Waals surface area contributed by atoms with Crippen LogP contribution in [-0.4, -0.2) is 5.78 Å². The smallest absolute Gasteiger partial charge is 0.186 e. The molecule has 1 nitrogen and oxygen atoms in total. The second-order valence-corrected chi connectivity index (χ2v) is 4.99. The molecule has 15 heavy (non-hydrogen) atoms. The highest BCUT2D eigenvalue weighted by Crippen LogP contribution is 2.68. The summed E-state index contributed by atoms with van der Waals surface area (Å²) in [5.41, 5.74) is 3.99. The molecule has 1 aromatic carbocycles. The molecule has 3 aliphatic rings. The molecule has 3 aliphatic carbocycles. The summed E-state index contributed by atoms with van der Waals surface area (Å²) in [6.45, 7) is 0. The van der Waals surface area contributed by atoms with Gasteiger partial charge in [0, 0.05) is 11.0 Å². The number of allylic oxidation sites excluding steroid dienone is 2. The van der Waals surface area contributed by atoms with E-state index in [0.29, 0.717) is 5.41 Å². The van der Waals surface area contributed by atoms with Gasteiger partial charge in [-0.1, -0.05) is 29.8 Å². The molecule has 1 spiro atoms. The van der Waals surface area contributed by atoms with Crippen molar-refractivity contribution in [3.63, 3.8) is 0 Å². The van der Waals surface area contributed by atoms with Crippen molar-refractivity contribution in [2.45, 2.75) is 24.7 Å². The van der Waals surface area contributed by atoms with Crippen LogP contribution in [0.3, 0.4) is 0 Å². The molecule has 0 aliphatic heterocycles. The van der Waals surface area contributed by atoms with Gasteiger partial charge < -0.3 is 0 Å². The van der Waals surface area contributed by atoms with Crippen molar-refractivity contribution in [3.05, 3.63) is 47.0 Å². The van der Waals surface area contributed by atoms with Gasteiger partial charge in [0.1, 0.15) is 0 Å². The Labute approximate surface area is 88.8 Å². The van der Waals surface area contributed by atoms with Gasteiger partial charge in [0.15, 0.2) is 5.78 Å². The first-order valence-electron chi connectivity index (χ1n) is 5.67. The zero-order valence-electron chi connectivity index (χ0n) is 8.49. The third-order valence-electron chi connectivity index (χ3n) is 4.42. The maximum Gasteiger partial charge on any atom is 0.186 e. The van der Waals surface area contributed by atoms with Gasteiger partial charge in [-0.3, -0.25) is 4.79 Å². The molecular formula is C14H12O. The summed E-state index contributed by atoms with van der Waals surface area (Å²) in [6, 6.07) is 8.18. The molecule has 0 N–H and O–H groups in total. The summed E-state index contributed by atoms with van der Waals surface area (Å²) in [4.78, 5) is 11.9. The lowest BCUT2D eigenvalue weighted by atomic mass is 9.79. The van der Waals surface area contributed by atoms with Gasteiger partial charge in [-0.15, -0.1) is 0 Å². The third-order valence-corrected chi connectivity index (χ3v) is 4.42. The van der Waals surface area contributed by atoms with Crippen LogP contribution >= 0.6 is 0 Å². The van der Waals surface area contributed by atoms with Gasteiger partial charge in [0.25, 0.3) is 0 Å². The summed E-state index contributed by atoms with van der Waals surface area (Å²) in [5, 5.41) is 0. The molecule has 0 aromatic heterocycles. The lowest BCUT2D eigenvalue weighted by Gasteiger charge is -2.23. The van der Waals surface area contributed by atoms with Crippen molar-refractivity contribution >= 4 is 5.78 Å². The largest absolute Gasteiger partial charge is 0.289 e. The first kappa shape index (κ1) is 7.86. The molecule has 0 heterocycles. The summed E-state index contributed by atoms with van der Waals surface area (Å²) < 4.78 is 0. The maximum atomic E-state index is 11.9. The van der Waals surface area contributed by atoms with Crippen LogP contribution in [0.15, 0.2) is 35.9 Å². The van der Waals surface area contributed by atoms with E-state index < -0.39 is 0 Å². The van der Waals surface area contributed by atoms with Gasteiger partial charge in [-0.25, -0.2) is 0 Å². The zero-order chi connectivity index (χ0) is 10.0.